The standard InChI is InChI=1S/C45H83NO8/c1-3-5-7-9-11-13-14-15-16-17-18-19-20-21-22-23-24-25-27-29-31-33-35-41(49)46-38(39(48)34-32-30-28-26-12-10-8-6-4-2)37-53-45-44(52)43(51)42(50)40(36-47)54-45/h12,20-21,26,32,34,38-40,42-45,47-48,50-52H,3-11,13-19,22-25,27-31,33,35-37H2,1-2H3,(H,46,49)/b21-20-,26-12+,34-32+. The van der Waals surface area contributed by atoms with Crippen LogP contribution in [0.3, 0.4) is 0 Å². The molecule has 1 heterocycles. The van der Waals surface area contributed by atoms with Gasteiger partial charge in [0.25, 0.3) is 0 Å². The van der Waals surface area contributed by atoms with Crippen LogP contribution in [0.5, 0.6) is 0 Å². The maximum atomic E-state index is 12.9. The van der Waals surface area contributed by atoms with Gasteiger partial charge >= 0.3 is 0 Å². The van der Waals surface area contributed by atoms with E-state index in [1.165, 1.54) is 116 Å². The lowest BCUT2D eigenvalue weighted by molar-refractivity contribution is -0.302. The number of hydrogen-bond acceptors (Lipinski definition) is 8. The number of hydrogen-bond donors (Lipinski definition) is 6. The van der Waals surface area contributed by atoms with Crippen molar-refractivity contribution in [2.24, 2.45) is 0 Å². The minimum absolute atomic E-state index is 0.195. The topological polar surface area (TPSA) is 149 Å². The fraction of sp³-hybridized carbons (Fsp3) is 0.844. The summed E-state index contributed by atoms with van der Waals surface area (Å²) in [4.78, 5) is 12.9. The van der Waals surface area contributed by atoms with E-state index in [0.717, 1.165) is 51.4 Å². The van der Waals surface area contributed by atoms with Crippen LogP contribution >= 0.6 is 0 Å². The molecule has 0 aromatic heterocycles. The molecule has 0 aromatic carbocycles. The van der Waals surface area contributed by atoms with Gasteiger partial charge in [0.2, 0.25) is 5.91 Å². The number of nitrogens with one attached hydrogen (secondary N) is 1. The Morgan fingerprint density at radius 2 is 1.06 bits per heavy atom. The Balaban J connectivity index is 2.28. The molecule has 0 spiro atoms. The molecule has 0 radical (unpaired) electrons. The first-order valence-corrected chi connectivity index (χ1v) is 22.2. The van der Waals surface area contributed by atoms with Gasteiger partial charge in [0.05, 0.1) is 25.4 Å². The third-order valence-electron chi connectivity index (χ3n) is 10.4. The second-order valence-electron chi connectivity index (χ2n) is 15.5. The number of ether oxygens (including phenoxy) is 2. The van der Waals surface area contributed by atoms with Gasteiger partial charge in [0, 0.05) is 6.42 Å². The van der Waals surface area contributed by atoms with Gasteiger partial charge in [-0.3, -0.25) is 4.79 Å². The Labute approximate surface area is 330 Å². The van der Waals surface area contributed by atoms with E-state index in [4.69, 9.17) is 9.47 Å². The monoisotopic (exact) mass is 766 g/mol. The summed E-state index contributed by atoms with van der Waals surface area (Å²) < 4.78 is 11.1. The molecule has 54 heavy (non-hydrogen) atoms. The van der Waals surface area contributed by atoms with E-state index in [1.54, 1.807) is 6.08 Å². The van der Waals surface area contributed by atoms with Crippen LogP contribution < -0.4 is 5.32 Å². The van der Waals surface area contributed by atoms with Crippen LogP contribution in [-0.2, 0) is 14.3 Å². The lowest BCUT2D eigenvalue weighted by Gasteiger charge is -2.40. The summed E-state index contributed by atoms with van der Waals surface area (Å²) in [5, 5.41) is 53.9. The van der Waals surface area contributed by atoms with Gasteiger partial charge in [0.15, 0.2) is 6.29 Å². The molecule has 9 heteroatoms. The Morgan fingerprint density at radius 1 is 0.611 bits per heavy atom. The molecule has 1 rings (SSSR count). The highest BCUT2D eigenvalue weighted by Crippen LogP contribution is 2.22. The second-order valence-corrected chi connectivity index (χ2v) is 15.5. The summed E-state index contributed by atoms with van der Waals surface area (Å²) in [6.45, 7) is 3.69. The van der Waals surface area contributed by atoms with Gasteiger partial charge in [-0.1, -0.05) is 159 Å². The van der Waals surface area contributed by atoms with E-state index in [1.807, 2.05) is 6.08 Å². The molecule has 1 amide bonds. The summed E-state index contributed by atoms with van der Waals surface area (Å²) in [5.41, 5.74) is 0. The SMILES string of the molecule is CCCCC/C=C/CC/C=C/C(O)C(COC1OC(CO)C(O)C(O)C1O)NC(=O)CCCCCCCCC/C=C\CCCCCCCCCCCCC. The molecule has 1 aliphatic heterocycles. The highest BCUT2D eigenvalue weighted by Gasteiger charge is 2.44. The molecule has 7 atom stereocenters. The first-order chi connectivity index (χ1) is 26.3. The fourth-order valence-electron chi connectivity index (χ4n) is 6.81. The summed E-state index contributed by atoms with van der Waals surface area (Å²) in [5.74, 6) is -0.195. The molecule has 0 bridgehead atoms. The highest BCUT2D eigenvalue weighted by molar-refractivity contribution is 5.76. The Morgan fingerprint density at radius 3 is 1.59 bits per heavy atom. The van der Waals surface area contributed by atoms with E-state index in [-0.39, 0.29) is 12.5 Å². The molecule has 7 unspecified atom stereocenters. The molecule has 1 saturated heterocycles. The predicted octanol–water partition coefficient (Wildman–Crippen LogP) is 8.89. The van der Waals surface area contributed by atoms with Gasteiger partial charge in [-0.15, -0.1) is 0 Å². The second kappa shape index (κ2) is 35.8. The van der Waals surface area contributed by atoms with Gasteiger partial charge in [-0.05, 0) is 57.8 Å². The first kappa shape index (κ1) is 50.4. The molecule has 1 aliphatic rings. The number of aliphatic hydroxyl groups excluding tert-OH is 5. The quantitative estimate of drug-likeness (QED) is 0.0274. The zero-order valence-electron chi connectivity index (χ0n) is 34.5. The Bertz CT molecular complexity index is 941. The zero-order valence-corrected chi connectivity index (χ0v) is 34.5. The summed E-state index contributed by atoms with van der Waals surface area (Å²) >= 11 is 0. The van der Waals surface area contributed by atoms with Crippen molar-refractivity contribution in [1.29, 1.82) is 0 Å². The zero-order chi connectivity index (χ0) is 39.5. The number of aliphatic hydroxyl groups is 5. The molecule has 0 aromatic rings. The van der Waals surface area contributed by atoms with E-state index < -0.39 is 49.5 Å². The van der Waals surface area contributed by atoms with E-state index in [2.05, 4.69) is 43.5 Å². The minimum atomic E-state index is -1.57. The summed E-state index contributed by atoms with van der Waals surface area (Å²) in [7, 11) is 0. The highest BCUT2D eigenvalue weighted by atomic mass is 16.7. The molecule has 1 fully saturated rings. The molecule has 0 aliphatic carbocycles. The first-order valence-electron chi connectivity index (χ1n) is 22.2. The van der Waals surface area contributed by atoms with Crippen molar-refractivity contribution in [3.63, 3.8) is 0 Å². The molecular weight excluding hydrogens is 682 g/mol. The van der Waals surface area contributed by atoms with Crippen molar-refractivity contribution in [2.75, 3.05) is 13.2 Å². The van der Waals surface area contributed by atoms with E-state index in [9.17, 15) is 30.3 Å². The number of amides is 1. The maximum Gasteiger partial charge on any atom is 0.220 e. The van der Waals surface area contributed by atoms with Crippen LogP contribution in [0.1, 0.15) is 187 Å². The van der Waals surface area contributed by atoms with Crippen LogP contribution in [0, 0.1) is 0 Å². The Hall–Kier alpha value is -1.59. The average molecular weight is 766 g/mol. The maximum absolute atomic E-state index is 12.9. The van der Waals surface area contributed by atoms with Crippen molar-refractivity contribution < 1.29 is 39.8 Å². The third kappa shape index (κ3) is 26.3. The smallest absolute Gasteiger partial charge is 0.220 e. The lowest BCUT2D eigenvalue weighted by atomic mass is 9.99. The van der Waals surface area contributed by atoms with Gasteiger partial charge in [-0.25, -0.2) is 0 Å². The van der Waals surface area contributed by atoms with Crippen LogP contribution in [0.4, 0.5) is 0 Å². The third-order valence-corrected chi connectivity index (χ3v) is 10.4. The van der Waals surface area contributed by atoms with Crippen LogP contribution in [0.25, 0.3) is 0 Å². The van der Waals surface area contributed by atoms with Gasteiger partial charge < -0.3 is 40.3 Å². The Kier molecular flexibility index (Phi) is 33.4. The largest absolute Gasteiger partial charge is 0.394 e. The molecule has 6 N–H and O–H groups in total. The number of allylic oxidation sites excluding steroid dienone is 5. The average Bonchev–Trinajstić information content (AvgIpc) is 3.17. The fourth-order valence-corrected chi connectivity index (χ4v) is 6.81. The normalized spacial score (nSPS) is 21.8. The number of unbranched alkanes of at least 4 members (excludes halogenated alkanes) is 22. The molecular formula is C45H83NO8. The van der Waals surface area contributed by atoms with Crippen molar-refractivity contribution in [2.45, 2.75) is 230 Å². The molecule has 9 nitrogen and oxygen atoms in total. The van der Waals surface area contributed by atoms with E-state index >= 15 is 0 Å². The van der Waals surface area contributed by atoms with Gasteiger partial charge in [-0.2, -0.15) is 0 Å². The number of carbonyl (C=O) groups excluding carboxylic acids is 1. The van der Waals surface area contributed by atoms with Crippen LogP contribution in [0.15, 0.2) is 36.5 Å². The van der Waals surface area contributed by atoms with Crippen LogP contribution in [-0.4, -0.2) is 87.5 Å². The van der Waals surface area contributed by atoms with E-state index in [0.29, 0.717) is 6.42 Å². The van der Waals surface area contributed by atoms with Crippen LogP contribution in [0.2, 0.25) is 0 Å². The predicted molar refractivity (Wildman–Crippen MR) is 221 cm³/mol. The number of rotatable bonds is 36. The van der Waals surface area contributed by atoms with Crippen molar-refractivity contribution >= 4 is 5.91 Å². The summed E-state index contributed by atoms with van der Waals surface area (Å²) in [6.07, 6.45) is 36.4. The van der Waals surface area contributed by atoms with Crippen molar-refractivity contribution in [3.05, 3.63) is 36.5 Å². The van der Waals surface area contributed by atoms with Gasteiger partial charge in [0.1, 0.15) is 24.4 Å². The lowest BCUT2D eigenvalue weighted by Crippen LogP contribution is -2.60. The van der Waals surface area contributed by atoms with Crippen molar-refractivity contribution in [1.82, 2.24) is 5.32 Å². The number of carbonyl (C=O) groups is 1. The van der Waals surface area contributed by atoms with Crippen molar-refractivity contribution in [3.8, 4) is 0 Å². The minimum Gasteiger partial charge on any atom is -0.394 e. The molecule has 0 saturated carbocycles. The summed E-state index contributed by atoms with van der Waals surface area (Å²) in [6, 6.07) is -0.820. The molecule has 316 valence electrons.